The minimum atomic E-state index is -4.58. The lowest BCUT2D eigenvalue weighted by Gasteiger charge is -2.31. The van der Waals surface area contributed by atoms with Crippen molar-refractivity contribution in [3.63, 3.8) is 0 Å². The Bertz CT molecular complexity index is 1220. The fourth-order valence-electron chi connectivity index (χ4n) is 4.92. The van der Waals surface area contributed by atoms with Crippen molar-refractivity contribution in [3.8, 4) is 0 Å². The Morgan fingerprint density at radius 1 is 0.971 bits per heavy atom. The summed E-state index contributed by atoms with van der Waals surface area (Å²) in [5.41, 5.74) is 1.68. The Kier molecular flexibility index (Phi) is 6.35. The van der Waals surface area contributed by atoms with Gasteiger partial charge < -0.3 is 10.2 Å². The van der Waals surface area contributed by atoms with Crippen molar-refractivity contribution in [2.45, 2.75) is 43.8 Å². The molecular weight excluding hydrogens is 475 g/mol. The van der Waals surface area contributed by atoms with Gasteiger partial charge in [0, 0.05) is 30.4 Å². The van der Waals surface area contributed by atoms with Gasteiger partial charge in [0.25, 0.3) is 11.8 Å². The molecule has 1 saturated heterocycles. The predicted molar refractivity (Wildman–Crippen MR) is 127 cm³/mol. The van der Waals surface area contributed by atoms with Crippen LogP contribution in [0.25, 0.3) is 0 Å². The van der Waals surface area contributed by atoms with Crippen LogP contribution in [-0.2, 0) is 19.0 Å². The number of nitrogens with zero attached hydrogens (tertiary/aromatic N) is 2. The smallest absolute Gasteiger partial charge is 0.347 e. The van der Waals surface area contributed by atoms with Crippen molar-refractivity contribution >= 4 is 23.2 Å². The molecule has 3 aromatic rings. The lowest BCUT2D eigenvalue weighted by atomic mass is 9.96. The van der Waals surface area contributed by atoms with Crippen LogP contribution < -0.4 is 5.32 Å². The number of rotatable bonds is 4. The van der Waals surface area contributed by atoms with E-state index in [1.54, 1.807) is 5.38 Å². The number of hydrogen-bond acceptors (Lipinski definition) is 4. The number of carbonyl (C=O) groups is 2. The Balaban J connectivity index is 1.18. The number of carbonyl (C=O) groups excluding carboxylic acids is 2. The number of halogens is 3. The van der Waals surface area contributed by atoms with Crippen LogP contribution >= 0.6 is 11.3 Å². The average Bonchev–Trinajstić information content (AvgIpc) is 3.50. The molecule has 1 aromatic heterocycles. The number of piperidine rings is 1. The summed E-state index contributed by atoms with van der Waals surface area (Å²) in [4.78, 5) is 31.6. The molecule has 5 rings (SSSR count). The molecular formula is C26H24F3N3O2S. The molecule has 1 aliphatic carbocycles. The van der Waals surface area contributed by atoms with Crippen LogP contribution in [0.15, 0.2) is 53.9 Å². The molecule has 9 heteroatoms. The van der Waals surface area contributed by atoms with E-state index in [-0.39, 0.29) is 23.4 Å². The summed E-state index contributed by atoms with van der Waals surface area (Å²) >= 11 is 1.42. The Morgan fingerprint density at radius 3 is 2.26 bits per heavy atom. The summed E-state index contributed by atoms with van der Waals surface area (Å²) in [5, 5.41) is 5.66. The molecule has 0 saturated carbocycles. The fraction of sp³-hybridized carbons (Fsp3) is 0.346. The summed E-state index contributed by atoms with van der Waals surface area (Å²) in [5.74, 6) is -0.728. The first-order chi connectivity index (χ1) is 16.8. The third-order valence-electron chi connectivity index (χ3n) is 6.74. The molecule has 2 aliphatic rings. The predicted octanol–water partition coefficient (Wildman–Crippen LogP) is 5.08. The molecule has 2 amide bonds. The first kappa shape index (κ1) is 23.5. The van der Waals surface area contributed by atoms with E-state index in [0.717, 1.165) is 23.9 Å². The van der Waals surface area contributed by atoms with Gasteiger partial charge in [-0.15, -0.1) is 11.3 Å². The van der Waals surface area contributed by atoms with E-state index in [1.807, 2.05) is 12.1 Å². The molecule has 35 heavy (non-hydrogen) atoms. The third kappa shape index (κ3) is 4.96. The Morgan fingerprint density at radius 2 is 1.60 bits per heavy atom. The summed E-state index contributed by atoms with van der Waals surface area (Å²) in [6.07, 6.45) is -1.78. The van der Waals surface area contributed by atoms with Gasteiger partial charge in [-0.1, -0.05) is 36.4 Å². The maximum absolute atomic E-state index is 13.3. The number of amides is 2. The van der Waals surface area contributed by atoms with Gasteiger partial charge in [-0.2, -0.15) is 13.2 Å². The van der Waals surface area contributed by atoms with Crippen molar-refractivity contribution in [2.24, 2.45) is 0 Å². The number of aromatic nitrogens is 1. The van der Waals surface area contributed by atoms with E-state index in [4.69, 9.17) is 0 Å². The van der Waals surface area contributed by atoms with Crippen LogP contribution in [0.3, 0.4) is 0 Å². The summed E-state index contributed by atoms with van der Waals surface area (Å²) in [6, 6.07) is 13.1. The normalized spacial score (nSPS) is 16.8. The van der Waals surface area contributed by atoms with E-state index in [2.05, 4.69) is 22.4 Å². The molecule has 182 valence electrons. The maximum atomic E-state index is 13.3. The number of thiazole rings is 1. The van der Waals surface area contributed by atoms with Crippen LogP contribution in [0, 0.1) is 0 Å². The second kappa shape index (κ2) is 9.45. The second-order valence-electron chi connectivity index (χ2n) is 9.03. The van der Waals surface area contributed by atoms with Crippen molar-refractivity contribution < 1.29 is 22.8 Å². The monoisotopic (exact) mass is 499 g/mol. The van der Waals surface area contributed by atoms with Crippen LogP contribution in [0.5, 0.6) is 0 Å². The standard InChI is InChI=1S/C26H24F3N3O2S/c27-26(28,29)21-8-4-3-7-20(21)25(34)32-11-9-16(10-12-32)24-31-22(15-35-24)23(33)30-19-13-17-5-1-2-6-18(17)14-19/h1-8,15-16,19H,9-14H2,(H,30,33). The van der Waals surface area contributed by atoms with Crippen molar-refractivity contribution in [2.75, 3.05) is 13.1 Å². The summed E-state index contributed by atoms with van der Waals surface area (Å²) < 4.78 is 39.9. The molecule has 0 unspecified atom stereocenters. The Hall–Kier alpha value is -3.20. The first-order valence-electron chi connectivity index (χ1n) is 11.6. The zero-order chi connectivity index (χ0) is 24.6. The molecule has 1 N–H and O–H groups in total. The number of alkyl halides is 3. The molecule has 0 bridgehead atoms. The van der Waals surface area contributed by atoms with E-state index >= 15 is 0 Å². The molecule has 0 spiro atoms. The van der Waals surface area contributed by atoms with Crippen LogP contribution in [0.4, 0.5) is 13.2 Å². The van der Waals surface area contributed by atoms with Crippen LogP contribution in [0.1, 0.15) is 61.3 Å². The average molecular weight is 500 g/mol. The minimum Gasteiger partial charge on any atom is -0.347 e. The number of fused-ring (bicyclic) bond motifs is 1. The van der Waals surface area contributed by atoms with Crippen LogP contribution in [-0.4, -0.2) is 40.8 Å². The highest BCUT2D eigenvalue weighted by molar-refractivity contribution is 7.09. The van der Waals surface area contributed by atoms with Gasteiger partial charge >= 0.3 is 6.18 Å². The molecule has 5 nitrogen and oxygen atoms in total. The quantitative estimate of drug-likeness (QED) is 0.545. The van der Waals surface area contributed by atoms with Gasteiger partial charge in [0.05, 0.1) is 16.1 Å². The summed E-state index contributed by atoms with van der Waals surface area (Å²) in [7, 11) is 0. The van der Waals surface area contributed by atoms with Crippen molar-refractivity contribution in [3.05, 3.63) is 86.9 Å². The van der Waals surface area contributed by atoms with Gasteiger partial charge in [-0.3, -0.25) is 9.59 Å². The first-order valence-corrected chi connectivity index (χ1v) is 12.5. The number of likely N-dealkylation sites (tertiary alicyclic amines) is 1. The largest absolute Gasteiger partial charge is 0.417 e. The molecule has 0 radical (unpaired) electrons. The van der Waals surface area contributed by atoms with Crippen molar-refractivity contribution in [1.29, 1.82) is 0 Å². The molecule has 2 heterocycles. The van der Waals surface area contributed by atoms with Gasteiger partial charge in [-0.25, -0.2) is 4.98 Å². The zero-order valence-electron chi connectivity index (χ0n) is 18.8. The highest BCUT2D eigenvalue weighted by Crippen LogP contribution is 2.34. The van der Waals surface area contributed by atoms with Gasteiger partial charge in [0.2, 0.25) is 0 Å². The Labute approximate surface area is 205 Å². The van der Waals surface area contributed by atoms with E-state index in [9.17, 15) is 22.8 Å². The van der Waals surface area contributed by atoms with Crippen molar-refractivity contribution in [1.82, 2.24) is 15.2 Å². The number of hydrogen-bond donors (Lipinski definition) is 1. The van der Waals surface area contributed by atoms with E-state index in [0.29, 0.717) is 31.6 Å². The fourth-order valence-corrected chi connectivity index (χ4v) is 5.89. The number of nitrogens with one attached hydrogen (secondary N) is 1. The SMILES string of the molecule is O=C(NC1Cc2ccccc2C1)c1csc(C2CCN(C(=O)c3ccccc3C(F)(F)F)CC2)n1. The summed E-state index contributed by atoms with van der Waals surface area (Å²) in [6.45, 7) is 0.689. The maximum Gasteiger partial charge on any atom is 0.417 e. The van der Waals surface area contributed by atoms with Gasteiger partial charge in [-0.05, 0) is 48.9 Å². The zero-order valence-corrected chi connectivity index (χ0v) is 19.7. The molecule has 1 aliphatic heterocycles. The van der Waals surface area contributed by atoms with Gasteiger partial charge in [0.1, 0.15) is 5.69 Å². The lowest BCUT2D eigenvalue weighted by molar-refractivity contribution is -0.138. The topological polar surface area (TPSA) is 62.3 Å². The number of benzene rings is 2. The molecule has 1 fully saturated rings. The highest BCUT2D eigenvalue weighted by atomic mass is 32.1. The molecule has 2 aromatic carbocycles. The van der Waals surface area contributed by atoms with Crippen LogP contribution in [0.2, 0.25) is 0 Å². The lowest BCUT2D eigenvalue weighted by Crippen LogP contribution is -2.38. The molecule has 0 atom stereocenters. The second-order valence-corrected chi connectivity index (χ2v) is 9.92. The minimum absolute atomic E-state index is 0.0545. The third-order valence-corrected chi connectivity index (χ3v) is 7.74. The van der Waals surface area contributed by atoms with Gasteiger partial charge in [0.15, 0.2) is 0 Å². The van der Waals surface area contributed by atoms with E-state index in [1.165, 1.54) is 45.6 Å². The van der Waals surface area contributed by atoms with E-state index < -0.39 is 17.6 Å². The highest BCUT2D eigenvalue weighted by Gasteiger charge is 2.37.